The second-order valence-corrected chi connectivity index (χ2v) is 4.38. The Hall–Kier alpha value is -0.590. The average Bonchev–Trinajstić information content (AvgIpc) is 1.83. The molecule has 1 nitrogen and oxygen atoms in total. The molecule has 2 atom stereocenters. The largest absolute Gasteiger partial charge is 0.299 e. The third-order valence-electron chi connectivity index (χ3n) is 3.17. The van der Waals surface area contributed by atoms with Gasteiger partial charge in [0.1, 0.15) is 5.78 Å². The monoisotopic (exact) mass is 150 g/mol. The molecule has 0 radical (unpaired) electrons. The molecule has 2 bridgehead atoms. The van der Waals surface area contributed by atoms with E-state index in [1.807, 2.05) is 0 Å². The molecule has 3 fully saturated rings. The number of carbonyl (C=O) groups is 1. The molecule has 3 aliphatic rings. The van der Waals surface area contributed by atoms with E-state index in [0.717, 1.165) is 19.3 Å². The molecule has 0 aromatic rings. The molecule has 60 valence electrons. The lowest BCUT2D eigenvalue weighted by Crippen LogP contribution is -2.39. The van der Waals surface area contributed by atoms with Gasteiger partial charge in [-0.3, -0.25) is 4.79 Å². The lowest BCUT2D eigenvalue weighted by Gasteiger charge is -2.44. The van der Waals surface area contributed by atoms with Gasteiger partial charge in [0.2, 0.25) is 0 Å². The maximum Gasteiger partial charge on any atom is 0.140 e. The van der Waals surface area contributed by atoms with Crippen LogP contribution in [0.4, 0.5) is 0 Å². The van der Waals surface area contributed by atoms with Crippen LogP contribution in [0.5, 0.6) is 0 Å². The van der Waals surface area contributed by atoms with Crippen LogP contribution in [-0.2, 0) is 4.79 Å². The predicted octanol–water partition coefficient (Wildman–Crippen LogP) is 2.32. The second-order valence-electron chi connectivity index (χ2n) is 4.38. The Balaban J connectivity index is 2.33. The van der Waals surface area contributed by atoms with Crippen molar-refractivity contribution in [1.29, 1.82) is 0 Å². The average molecular weight is 150 g/mol. The Morgan fingerprint density at radius 3 is 2.73 bits per heavy atom. The zero-order valence-electron chi connectivity index (χ0n) is 7.02. The number of carbonyl (C=O) groups excluding carboxylic acids is 1. The normalized spacial score (nSPS) is 43.2. The van der Waals surface area contributed by atoms with E-state index in [2.05, 4.69) is 13.5 Å². The number of hydrogen-bond donors (Lipinski definition) is 0. The fraction of sp³-hybridized carbons (Fsp3) is 0.700. The van der Waals surface area contributed by atoms with Gasteiger partial charge in [-0.1, -0.05) is 19.1 Å². The number of rotatable bonds is 0. The highest BCUT2D eigenvalue weighted by Gasteiger charge is 2.43. The summed E-state index contributed by atoms with van der Waals surface area (Å²) in [6, 6.07) is 0. The molecule has 0 aliphatic heterocycles. The third-order valence-corrected chi connectivity index (χ3v) is 3.17. The van der Waals surface area contributed by atoms with Crippen molar-refractivity contribution >= 4 is 5.78 Å². The zero-order chi connectivity index (χ0) is 8.06. The van der Waals surface area contributed by atoms with Gasteiger partial charge in [-0.2, -0.15) is 0 Å². The minimum Gasteiger partial charge on any atom is -0.299 e. The van der Waals surface area contributed by atoms with Crippen LogP contribution in [0.2, 0.25) is 0 Å². The lowest BCUT2D eigenvalue weighted by atomic mass is 9.59. The molecule has 0 heterocycles. The number of hydrogen-bond acceptors (Lipinski definition) is 1. The summed E-state index contributed by atoms with van der Waals surface area (Å²) in [4.78, 5) is 11.4. The zero-order valence-corrected chi connectivity index (χ0v) is 7.02. The SMILES string of the molecule is C=C1C[C@@]2(C)CC[C@@H]1C(=O)C2. The summed E-state index contributed by atoms with van der Waals surface area (Å²) in [5, 5.41) is 0. The standard InChI is InChI=1S/C10H14O/c1-7-5-10(2)4-3-8(7)9(11)6-10/h8H,1,3-6H2,2H3/t8-,10+/m0/s1. The quantitative estimate of drug-likeness (QED) is 0.484. The lowest BCUT2D eigenvalue weighted by molar-refractivity contribution is -0.129. The summed E-state index contributed by atoms with van der Waals surface area (Å²) in [6.45, 7) is 6.19. The van der Waals surface area contributed by atoms with Crippen LogP contribution in [0.1, 0.15) is 32.6 Å². The summed E-state index contributed by atoms with van der Waals surface area (Å²) in [5.74, 6) is 0.673. The van der Waals surface area contributed by atoms with Gasteiger partial charge in [-0.15, -0.1) is 0 Å². The van der Waals surface area contributed by atoms with Crippen molar-refractivity contribution in [2.24, 2.45) is 11.3 Å². The molecule has 0 saturated heterocycles. The Kier molecular flexibility index (Phi) is 1.26. The molecular weight excluding hydrogens is 136 g/mol. The van der Waals surface area contributed by atoms with Crippen LogP contribution >= 0.6 is 0 Å². The van der Waals surface area contributed by atoms with Gasteiger partial charge in [0.15, 0.2) is 0 Å². The number of Topliss-reactive ketones (excluding diaryl/α,β-unsaturated/α-hetero) is 1. The number of ketones is 1. The first-order valence-electron chi connectivity index (χ1n) is 4.31. The van der Waals surface area contributed by atoms with Gasteiger partial charge in [-0.25, -0.2) is 0 Å². The van der Waals surface area contributed by atoms with Crippen molar-refractivity contribution in [1.82, 2.24) is 0 Å². The maximum atomic E-state index is 11.4. The molecule has 0 N–H and O–H groups in total. The maximum absolute atomic E-state index is 11.4. The molecule has 0 unspecified atom stereocenters. The summed E-state index contributed by atoms with van der Waals surface area (Å²) < 4.78 is 0. The van der Waals surface area contributed by atoms with E-state index >= 15 is 0 Å². The first kappa shape index (κ1) is 7.08. The summed E-state index contributed by atoms with van der Waals surface area (Å²) >= 11 is 0. The molecule has 11 heavy (non-hydrogen) atoms. The number of fused-ring (bicyclic) bond motifs is 3. The van der Waals surface area contributed by atoms with E-state index in [0.29, 0.717) is 5.78 Å². The molecule has 0 aromatic carbocycles. The Bertz CT molecular complexity index is 209. The minimum absolute atomic E-state index is 0.233. The molecular formula is C10H14O. The molecule has 0 amide bonds. The van der Waals surface area contributed by atoms with Crippen LogP contribution in [0.3, 0.4) is 0 Å². The van der Waals surface area contributed by atoms with Crippen molar-refractivity contribution < 1.29 is 4.79 Å². The van der Waals surface area contributed by atoms with Crippen LogP contribution in [0.15, 0.2) is 12.2 Å². The minimum atomic E-state index is 0.233. The van der Waals surface area contributed by atoms with Crippen LogP contribution < -0.4 is 0 Å². The van der Waals surface area contributed by atoms with Crippen LogP contribution in [0.25, 0.3) is 0 Å². The van der Waals surface area contributed by atoms with Gasteiger partial charge in [0, 0.05) is 12.3 Å². The van der Waals surface area contributed by atoms with Crippen LogP contribution in [-0.4, -0.2) is 5.78 Å². The molecule has 0 spiro atoms. The first-order valence-corrected chi connectivity index (χ1v) is 4.31. The third kappa shape index (κ3) is 0.943. The van der Waals surface area contributed by atoms with Gasteiger partial charge >= 0.3 is 0 Å². The summed E-state index contributed by atoms with van der Waals surface area (Å²) in [7, 11) is 0. The summed E-state index contributed by atoms with van der Waals surface area (Å²) in [6.07, 6.45) is 4.18. The van der Waals surface area contributed by atoms with Crippen molar-refractivity contribution in [3.05, 3.63) is 12.2 Å². The molecule has 1 heteroatoms. The van der Waals surface area contributed by atoms with Crippen molar-refractivity contribution in [3.63, 3.8) is 0 Å². The second kappa shape index (κ2) is 1.96. The Morgan fingerprint density at radius 1 is 1.55 bits per heavy atom. The van der Waals surface area contributed by atoms with Gasteiger partial charge in [0.25, 0.3) is 0 Å². The van der Waals surface area contributed by atoms with Crippen molar-refractivity contribution in [2.45, 2.75) is 32.6 Å². The van der Waals surface area contributed by atoms with Crippen molar-refractivity contribution in [3.8, 4) is 0 Å². The van der Waals surface area contributed by atoms with E-state index in [4.69, 9.17) is 0 Å². The smallest absolute Gasteiger partial charge is 0.140 e. The summed E-state index contributed by atoms with van der Waals surface area (Å²) in [5.41, 5.74) is 1.47. The fourth-order valence-corrected chi connectivity index (χ4v) is 2.54. The van der Waals surface area contributed by atoms with E-state index in [1.165, 1.54) is 12.0 Å². The van der Waals surface area contributed by atoms with E-state index in [9.17, 15) is 4.79 Å². The predicted molar refractivity (Wildman–Crippen MR) is 44.2 cm³/mol. The highest BCUT2D eigenvalue weighted by molar-refractivity contribution is 5.86. The van der Waals surface area contributed by atoms with Crippen LogP contribution in [0, 0.1) is 11.3 Å². The topological polar surface area (TPSA) is 17.1 Å². The van der Waals surface area contributed by atoms with Gasteiger partial charge in [0.05, 0.1) is 0 Å². The fourth-order valence-electron chi connectivity index (χ4n) is 2.54. The van der Waals surface area contributed by atoms with E-state index < -0.39 is 0 Å². The van der Waals surface area contributed by atoms with Gasteiger partial charge < -0.3 is 0 Å². The van der Waals surface area contributed by atoms with E-state index in [1.54, 1.807) is 0 Å². The Morgan fingerprint density at radius 2 is 2.27 bits per heavy atom. The molecule has 3 aliphatic carbocycles. The highest BCUT2D eigenvalue weighted by atomic mass is 16.1. The van der Waals surface area contributed by atoms with Gasteiger partial charge in [-0.05, 0) is 24.7 Å². The number of allylic oxidation sites excluding steroid dienone is 1. The Labute approximate surface area is 67.5 Å². The van der Waals surface area contributed by atoms with E-state index in [-0.39, 0.29) is 11.3 Å². The van der Waals surface area contributed by atoms with Crippen molar-refractivity contribution in [2.75, 3.05) is 0 Å². The molecule has 3 saturated carbocycles. The highest BCUT2D eigenvalue weighted by Crippen LogP contribution is 2.49. The first-order chi connectivity index (χ1) is 5.11. The molecule has 0 aromatic heterocycles. The molecule has 3 rings (SSSR count).